The van der Waals surface area contributed by atoms with E-state index in [0.29, 0.717) is 5.95 Å². The van der Waals surface area contributed by atoms with Gasteiger partial charge in [0.2, 0.25) is 5.95 Å². The van der Waals surface area contributed by atoms with Crippen LogP contribution in [-0.2, 0) is 13.0 Å². The maximum Gasteiger partial charge on any atom is 0.230 e. The van der Waals surface area contributed by atoms with Crippen molar-refractivity contribution in [1.29, 1.82) is 0 Å². The molecule has 1 aromatic heterocycles. The van der Waals surface area contributed by atoms with Crippen LogP contribution in [0.4, 0.5) is 16.0 Å². The SMILES string of the molecule is NCc1nc(N2CCc3ccccc32)ncc1F. The summed E-state index contributed by atoms with van der Waals surface area (Å²) in [5.74, 6) is 0.0653. The second-order valence-corrected chi connectivity index (χ2v) is 4.20. The first kappa shape index (κ1) is 11.1. The van der Waals surface area contributed by atoms with E-state index in [4.69, 9.17) is 5.73 Å². The molecule has 18 heavy (non-hydrogen) atoms. The van der Waals surface area contributed by atoms with Crippen LogP contribution in [0.5, 0.6) is 0 Å². The van der Waals surface area contributed by atoms with Crippen LogP contribution in [-0.4, -0.2) is 16.5 Å². The molecule has 0 fully saturated rings. The molecule has 92 valence electrons. The predicted octanol–water partition coefficient (Wildman–Crippen LogP) is 1.77. The molecule has 0 spiro atoms. The van der Waals surface area contributed by atoms with Gasteiger partial charge in [-0.15, -0.1) is 0 Å². The molecule has 1 aromatic carbocycles. The van der Waals surface area contributed by atoms with Crippen LogP contribution in [0, 0.1) is 5.82 Å². The Balaban J connectivity index is 2.02. The zero-order chi connectivity index (χ0) is 12.5. The lowest BCUT2D eigenvalue weighted by Crippen LogP contribution is -2.18. The van der Waals surface area contributed by atoms with Gasteiger partial charge in [0.25, 0.3) is 0 Å². The van der Waals surface area contributed by atoms with Crippen molar-refractivity contribution < 1.29 is 4.39 Å². The molecule has 0 unspecified atom stereocenters. The third-order valence-electron chi connectivity index (χ3n) is 3.13. The zero-order valence-electron chi connectivity index (χ0n) is 9.81. The quantitative estimate of drug-likeness (QED) is 0.874. The molecule has 0 aliphatic carbocycles. The van der Waals surface area contributed by atoms with E-state index < -0.39 is 5.82 Å². The molecule has 4 nitrogen and oxygen atoms in total. The number of halogens is 1. The van der Waals surface area contributed by atoms with E-state index in [1.165, 1.54) is 11.8 Å². The van der Waals surface area contributed by atoms with Crippen LogP contribution in [0.2, 0.25) is 0 Å². The number of nitrogens with two attached hydrogens (primary N) is 1. The number of rotatable bonds is 2. The normalized spacial score (nSPS) is 13.8. The van der Waals surface area contributed by atoms with Gasteiger partial charge in [-0.3, -0.25) is 0 Å². The maximum absolute atomic E-state index is 13.3. The Morgan fingerprint density at radius 1 is 1.33 bits per heavy atom. The first-order chi connectivity index (χ1) is 8.79. The van der Waals surface area contributed by atoms with Crippen molar-refractivity contribution in [2.75, 3.05) is 11.4 Å². The van der Waals surface area contributed by atoms with Crippen LogP contribution in [0.15, 0.2) is 30.5 Å². The molecule has 5 heteroatoms. The average molecular weight is 244 g/mol. The molecular formula is C13H13FN4. The molecule has 2 aromatic rings. The van der Waals surface area contributed by atoms with E-state index in [-0.39, 0.29) is 12.2 Å². The van der Waals surface area contributed by atoms with Crippen molar-refractivity contribution in [3.05, 3.63) is 47.5 Å². The summed E-state index contributed by atoms with van der Waals surface area (Å²) in [5, 5.41) is 0. The monoisotopic (exact) mass is 244 g/mol. The molecule has 0 saturated heterocycles. The highest BCUT2D eigenvalue weighted by molar-refractivity contribution is 5.65. The van der Waals surface area contributed by atoms with Gasteiger partial charge in [-0.25, -0.2) is 14.4 Å². The van der Waals surface area contributed by atoms with Crippen molar-refractivity contribution in [3.8, 4) is 0 Å². The van der Waals surface area contributed by atoms with Crippen molar-refractivity contribution in [2.24, 2.45) is 5.73 Å². The van der Waals surface area contributed by atoms with Gasteiger partial charge in [0.15, 0.2) is 5.82 Å². The standard InChI is InChI=1S/C13H13FN4/c14-10-8-16-13(17-11(10)7-15)18-6-5-9-3-1-2-4-12(9)18/h1-4,8H,5-7,15H2. The number of hydrogen-bond donors (Lipinski definition) is 1. The first-order valence-corrected chi connectivity index (χ1v) is 5.86. The second kappa shape index (κ2) is 4.34. The number of para-hydroxylation sites is 1. The van der Waals surface area contributed by atoms with E-state index in [9.17, 15) is 4.39 Å². The number of nitrogens with zero attached hydrogens (tertiary/aromatic N) is 3. The molecule has 0 atom stereocenters. The van der Waals surface area contributed by atoms with Gasteiger partial charge in [-0.1, -0.05) is 18.2 Å². The minimum atomic E-state index is -0.450. The summed E-state index contributed by atoms with van der Waals surface area (Å²) in [6.07, 6.45) is 2.14. The summed E-state index contributed by atoms with van der Waals surface area (Å²) in [6.45, 7) is 0.895. The molecule has 2 heterocycles. The van der Waals surface area contributed by atoms with E-state index in [1.807, 2.05) is 23.1 Å². The first-order valence-electron chi connectivity index (χ1n) is 5.86. The van der Waals surface area contributed by atoms with Crippen LogP contribution in [0.1, 0.15) is 11.3 Å². The molecule has 3 rings (SSSR count). The Labute approximate surface area is 104 Å². The number of anilines is 2. The summed E-state index contributed by atoms with van der Waals surface area (Å²) >= 11 is 0. The lowest BCUT2D eigenvalue weighted by molar-refractivity contribution is 0.591. The van der Waals surface area contributed by atoms with Gasteiger partial charge >= 0.3 is 0 Å². The maximum atomic E-state index is 13.3. The lowest BCUT2D eigenvalue weighted by Gasteiger charge is -2.17. The van der Waals surface area contributed by atoms with Gasteiger partial charge in [0.1, 0.15) is 0 Å². The fourth-order valence-corrected chi connectivity index (χ4v) is 2.21. The molecule has 0 bridgehead atoms. The van der Waals surface area contributed by atoms with Crippen LogP contribution >= 0.6 is 0 Å². The highest BCUT2D eigenvalue weighted by atomic mass is 19.1. The molecule has 0 amide bonds. The third kappa shape index (κ3) is 1.73. The second-order valence-electron chi connectivity index (χ2n) is 4.20. The summed E-state index contributed by atoms with van der Waals surface area (Å²) in [5.41, 5.74) is 8.07. The Kier molecular flexibility index (Phi) is 2.68. The number of hydrogen-bond acceptors (Lipinski definition) is 4. The average Bonchev–Trinajstić information content (AvgIpc) is 2.83. The largest absolute Gasteiger partial charge is 0.325 e. The van der Waals surface area contributed by atoms with Crippen molar-refractivity contribution in [3.63, 3.8) is 0 Å². The van der Waals surface area contributed by atoms with Crippen LogP contribution in [0.3, 0.4) is 0 Å². The summed E-state index contributed by atoms with van der Waals surface area (Å²) in [4.78, 5) is 10.2. The molecular weight excluding hydrogens is 231 g/mol. The van der Waals surface area contributed by atoms with E-state index >= 15 is 0 Å². The van der Waals surface area contributed by atoms with Crippen molar-refractivity contribution in [2.45, 2.75) is 13.0 Å². The topological polar surface area (TPSA) is 55.0 Å². The Hall–Kier alpha value is -2.01. The van der Waals surface area contributed by atoms with Gasteiger partial charge < -0.3 is 10.6 Å². The zero-order valence-corrected chi connectivity index (χ0v) is 9.81. The molecule has 1 aliphatic heterocycles. The smallest absolute Gasteiger partial charge is 0.230 e. The third-order valence-corrected chi connectivity index (χ3v) is 3.13. The Morgan fingerprint density at radius 3 is 3.00 bits per heavy atom. The number of fused-ring (bicyclic) bond motifs is 1. The summed E-state index contributed by atoms with van der Waals surface area (Å²) < 4.78 is 13.3. The predicted molar refractivity (Wildman–Crippen MR) is 67.0 cm³/mol. The Bertz CT molecular complexity index is 585. The van der Waals surface area contributed by atoms with Gasteiger partial charge in [0, 0.05) is 18.8 Å². The van der Waals surface area contributed by atoms with E-state index in [2.05, 4.69) is 16.0 Å². The summed E-state index contributed by atoms with van der Waals surface area (Å²) in [7, 11) is 0. The fourth-order valence-electron chi connectivity index (χ4n) is 2.21. The number of benzene rings is 1. The van der Waals surface area contributed by atoms with Gasteiger partial charge in [0.05, 0.1) is 11.9 Å². The number of aromatic nitrogens is 2. The fraction of sp³-hybridized carbons (Fsp3) is 0.231. The minimum Gasteiger partial charge on any atom is -0.325 e. The molecule has 0 saturated carbocycles. The van der Waals surface area contributed by atoms with Crippen LogP contribution < -0.4 is 10.6 Å². The summed E-state index contributed by atoms with van der Waals surface area (Å²) in [6, 6.07) is 8.10. The van der Waals surface area contributed by atoms with Crippen molar-refractivity contribution >= 4 is 11.6 Å². The molecule has 0 radical (unpaired) electrons. The molecule has 1 aliphatic rings. The van der Waals surface area contributed by atoms with Crippen molar-refractivity contribution in [1.82, 2.24) is 9.97 Å². The van der Waals surface area contributed by atoms with Gasteiger partial charge in [-0.05, 0) is 18.1 Å². The van der Waals surface area contributed by atoms with Gasteiger partial charge in [-0.2, -0.15) is 0 Å². The highest BCUT2D eigenvalue weighted by Gasteiger charge is 2.22. The minimum absolute atomic E-state index is 0.0802. The molecule has 2 N–H and O–H groups in total. The van der Waals surface area contributed by atoms with E-state index in [0.717, 1.165) is 18.7 Å². The van der Waals surface area contributed by atoms with E-state index in [1.54, 1.807) is 0 Å². The highest BCUT2D eigenvalue weighted by Crippen LogP contribution is 2.32. The lowest BCUT2D eigenvalue weighted by atomic mass is 10.2. The van der Waals surface area contributed by atoms with Crippen LogP contribution in [0.25, 0.3) is 0 Å². The Morgan fingerprint density at radius 2 is 2.17 bits per heavy atom.